The Morgan fingerprint density at radius 3 is 2.29 bits per heavy atom. The fraction of sp³-hybridized carbons (Fsp3) is 0.185. The van der Waals surface area contributed by atoms with E-state index in [-0.39, 0.29) is 11.9 Å². The predicted molar refractivity (Wildman–Crippen MR) is 122 cm³/mol. The van der Waals surface area contributed by atoms with Crippen LogP contribution in [0.5, 0.6) is 0 Å². The molecule has 156 valence electrons. The van der Waals surface area contributed by atoms with Gasteiger partial charge < -0.3 is 4.74 Å². The first-order chi connectivity index (χ1) is 14.9. The van der Waals surface area contributed by atoms with Crippen LogP contribution in [-0.4, -0.2) is 28.5 Å². The molecule has 1 unspecified atom stereocenters. The Hall–Kier alpha value is -3.66. The highest BCUT2D eigenvalue weighted by Gasteiger charge is 2.49. The number of hydrogen-bond donors (Lipinski definition) is 0. The Kier molecular flexibility index (Phi) is 5.72. The monoisotopic (exact) mass is 411 g/mol. The lowest BCUT2D eigenvalue weighted by Gasteiger charge is -2.27. The van der Waals surface area contributed by atoms with Gasteiger partial charge in [0.2, 0.25) is 0 Å². The van der Waals surface area contributed by atoms with Crippen molar-refractivity contribution in [3.63, 3.8) is 0 Å². The maximum absolute atomic E-state index is 13.0. The van der Waals surface area contributed by atoms with Gasteiger partial charge in [-0.25, -0.2) is 9.69 Å². The van der Waals surface area contributed by atoms with Crippen molar-refractivity contribution in [3.8, 4) is 11.1 Å². The molecule has 1 aliphatic rings. The average Bonchev–Trinajstić information content (AvgIpc) is 3.01. The Morgan fingerprint density at radius 2 is 1.58 bits per heavy atom. The van der Waals surface area contributed by atoms with Gasteiger partial charge in [0.15, 0.2) is 0 Å². The van der Waals surface area contributed by atoms with Crippen LogP contribution < -0.4 is 0 Å². The van der Waals surface area contributed by atoms with Gasteiger partial charge in [0.25, 0.3) is 5.91 Å². The van der Waals surface area contributed by atoms with Gasteiger partial charge in [-0.05, 0) is 54.7 Å². The Labute approximate surface area is 182 Å². The summed E-state index contributed by atoms with van der Waals surface area (Å²) in [7, 11) is 0. The van der Waals surface area contributed by atoms with Gasteiger partial charge >= 0.3 is 6.09 Å². The molecule has 1 atom stereocenters. The summed E-state index contributed by atoms with van der Waals surface area (Å²) in [5.41, 5.74) is 3.36. The van der Waals surface area contributed by atoms with Crippen molar-refractivity contribution in [1.29, 1.82) is 0 Å². The highest BCUT2D eigenvalue weighted by molar-refractivity contribution is 6.02. The van der Waals surface area contributed by atoms with E-state index in [1.165, 1.54) is 11.0 Å². The normalized spacial score (nSPS) is 17.7. The van der Waals surface area contributed by atoms with E-state index >= 15 is 0 Å². The fourth-order valence-corrected chi connectivity index (χ4v) is 3.90. The molecule has 1 saturated heterocycles. The summed E-state index contributed by atoms with van der Waals surface area (Å²) in [4.78, 5) is 26.8. The van der Waals surface area contributed by atoms with Crippen LogP contribution in [0.3, 0.4) is 0 Å². The van der Waals surface area contributed by atoms with Gasteiger partial charge in [-0.1, -0.05) is 78.9 Å². The van der Waals surface area contributed by atoms with Crippen LogP contribution in [0.15, 0.2) is 91.0 Å². The zero-order valence-corrected chi connectivity index (χ0v) is 17.7. The molecule has 1 heterocycles. The summed E-state index contributed by atoms with van der Waals surface area (Å²) in [6.07, 6.45) is 3.14. The van der Waals surface area contributed by atoms with Crippen LogP contribution in [0.2, 0.25) is 0 Å². The van der Waals surface area contributed by atoms with Crippen LogP contribution in [-0.2, 0) is 16.0 Å². The first-order valence-electron chi connectivity index (χ1n) is 10.4. The molecule has 0 bridgehead atoms. The number of amides is 2. The Morgan fingerprint density at radius 1 is 0.935 bits per heavy atom. The standard InChI is InChI=1S/C27H25NO3/c1-27(2)24(19-20-10-5-3-6-11-20)28(26(30)31-27)25(29)17-16-21-12-9-15-23(18-21)22-13-7-4-8-14-22/h3-18,24H,19H2,1-2H3. The van der Waals surface area contributed by atoms with Gasteiger partial charge in [0, 0.05) is 6.08 Å². The lowest BCUT2D eigenvalue weighted by atomic mass is 9.92. The van der Waals surface area contributed by atoms with Crippen LogP contribution in [0, 0.1) is 0 Å². The number of ether oxygens (including phenoxy) is 1. The van der Waals surface area contributed by atoms with E-state index in [1.807, 2.05) is 98.8 Å². The van der Waals surface area contributed by atoms with Crippen molar-refractivity contribution in [2.24, 2.45) is 0 Å². The number of nitrogens with zero attached hydrogens (tertiary/aromatic N) is 1. The lowest BCUT2D eigenvalue weighted by molar-refractivity contribution is -0.124. The third kappa shape index (κ3) is 4.58. The molecule has 0 N–H and O–H groups in total. The average molecular weight is 412 g/mol. The zero-order valence-electron chi connectivity index (χ0n) is 17.7. The molecule has 0 spiro atoms. The minimum Gasteiger partial charge on any atom is -0.441 e. The van der Waals surface area contributed by atoms with Crippen LogP contribution in [0.25, 0.3) is 17.2 Å². The number of carbonyl (C=O) groups excluding carboxylic acids is 2. The lowest BCUT2D eigenvalue weighted by Crippen LogP contribution is -2.45. The minimum absolute atomic E-state index is 0.373. The molecule has 0 saturated carbocycles. The highest BCUT2D eigenvalue weighted by Crippen LogP contribution is 2.32. The summed E-state index contributed by atoms with van der Waals surface area (Å²) in [6, 6.07) is 27.5. The summed E-state index contributed by atoms with van der Waals surface area (Å²) in [5.74, 6) is -0.373. The van der Waals surface area contributed by atoms with E-state index in [1.54, 1.807) is 6.08 Å². The summed E-state index contributed by atoms with van der Waals surface area (Å²) in [6.45, 7) is 3.69. The van der Waals surface area contributed by atoms with E-state index < -0.39 is 11.7 Å². The first kappa shape index (κ1) is 20.6. The van der Waals surface area contributed by atoms with Gasteiger partial charge in [-0.3, -0.25) is 4.79 Å². The van der Waals surface area contributed by atoms with E-state index in [9.17, 15) is 9.59 Å². The van der Waals surface area contributed by atoms with Gasteiger partial charge in [0.1, 0.15) is 5.60 Å². The second-order valence-corrected chi connectivity index (χ2v) is 8.21. The molecule has 2 amide bonds. The molecular formula is C27H25NO3. The number of benzene rings is 3. The first-order valence-corrected chi connectivity index (χ1v) is 10.4. The van der Waals surface area contributed by atoms with Gasteiger partial charge in [-0.2, -0.15) is 0 Å². The topological polar surface area (TPSA) is 46.6 Å². The molecule has 1 fully saturated rings. The maximum atomic E-state index is 13.0. The maximum Gasteiger partial charge on any atom is 0.417 e. The predicted octanol–water partition coefficient (Wildman–Crippen LogP) is 5.74. The van der Waals surface area contributed by atoms with E-state index in [2.05, 4.69) is 0 Å². The SMILES string of the molecule is CC1(C)OC(=O)N(C(=O)C=Cc2cccc(-c3ccccc3)c2)C1Cc1ccccc1. The Bertz CT molecular complexity index is 1100. The molecule has 31 heavy (non-hydrogen) atoms. The summed E-state index contributed by atoms with van der Waals surface area (Å²) < 4.78 is 5.53. The molecule has 0 aromatic heterocycles. The van der Waals surface area contributed by atoms with Crippen molar-refractivity contribution in [3.05, 3.63) is 102 Å². The second kappa shape index (κ2) is 8.60. The van der Waals surface area contributed by atoms with Crippen molar-refractivity contribution in [2.45, 2.75) is 31.9 Å². The van der Waals surface area contributed by atoms with Crippen molar-refractivity contribution in [1.82, 2.24) is 4.90 Å². The third-order valence-electron chi connectivity index (χ3n) is 5.58. The summed E-state index contributed by atoms with van der Waals surface area (Å²) >= 11 is 0. The van der Waals surface area contributed by atoms with E-state index in [0.717, 1.165) is 22.3 Å². The molecule has 1 aliphatic heterocycles. The van der Waals surface area contributed by atoms with Crippen LogP contribution >= 0.6 is 0 Å². The van der Waals surface area contributed by atoms with E-state index in [0.29, 0.717) is 6.42 Å². The van der Waals surface area contributed by atoms with Gasteiger partial charge in [-0.15, -0.1) is 0 Å². The quantitative estimate of drug-likeness (QED) is 0.503. The number of carbonyl (C=O) groups is 2. The van der Waals surface area contributed by atoms with Gasteiger partial charge in [0.05, 0.1) is 6.04 Å². The smallest absolute Gasteiger partial charge is 0.417 e. The largest absolute Gasteiger partial charge is 0.441 e. The third-order valence-corrected chi connectivity index (χ3v) is 5.58. The fourth-order valence-electron chi connectivity index (χ4n) is 3.90. The molecule has 3 aromatic carbocycles. The second-order valence-electron chi connectivity index (χ2n) is 8.21. The Balaban J connectivity index is 1.55. The minimum atomic E-state index is -0.760. The number of imide groups is 1. The molecule has 4 rings (SSSR count). The molecule has 0 aliphatic carbocycles. The number of rotatable bonds is 5. The van der Waals surface area contributed by atoms with Crippen molar-refractivity contribution < 1.29 is 14.3 Å². The van der Waals surface area contributed by atoms with Crippen LogP contribution in [0.1, 0.15) is 25.0 Å². The molecule has 0 radical (unpaired) electrons. The number of cyclic esters (lactones) is 1. The van der Waals surface area contributed by atoms with Crippen molar-refractivity contribution >= 4 is 18.1 Å². The van der Waals surface area contributed by atoms with Crippen molar-refractivity contribution in [2.75, 3.05) is 0 Å². The molecule has 4 nitrogen and oxygen atoms in total. The highest BCUT2D eigenvalue weighted by atomic mass is 16.6. The summed E-state index contributed by atoms with van der Waals surface area (Å²) in [5, 5.41) is 0. The molecule has 3 aromatic rings. The van der Waals surface area contributed by atoms with Crippen LogP contribution in [0.4, 0.5) is 4.79 Å². The zero-order chi connectivity index (χ0) is 21.8. The number of hydrogen-bond acceptors (Lipinski definition) is 3. The van der Waals surface area contributed by atoms with E-state index in [4.69, 9.17) is 4.74 Å². The molecular weight excluding hydrogens is 386 g/mol. The molecule has 4 heteroatoms.